The van der Waals surface area contributed by atoms with Crippen molar-refractivity contribution in [3.63, 3.8) is 0 Å². The van der Waals surface area contributed by atoms with Crippen molar-refractivity contribution in [2.24, 2.45) is 0 Å². The Bertz CT molecular complexity index is 333. The number of hydrogen-bond acceptors (Lipinski definition) is 5. The predicted molar refractivity (Wildman–Crippen MR) is 59.5 cm³/mol. The van der Waals surface area contributed by atoms with Crippen LogP contribution in [0.2, 0.25) is 0 Å². The maximum absolute atomic E-state index is 11.2. The molecule has 1 aliphatic heterocycles. The van der Waals surface area contributed by atoms with Crippen LogP contribution in [0.4, 0.5) is 0 Å². The van der Waals surface area contributed by atoms with E-state index >= 15 is 0 Å². The second-order valence-corrected chi connectivity index (χ2v) is 5.88. The molecule has 0 amide bonds. The normalized spacial score (nSPS) is 19.6. The van der Waals surface area contributed by atoms with E-state index < -0.39 is 10.0 Å². The van der Waals surface area contributed by atoms with Crippen molar-refractivity contribution in [3.05, 3.63) is 0 Å². The van der Waals surface area contributed by atoms with Crippen LogP contribution in [0.15, 0.2) is 0 Å². The van der Waals surface area contributed by atoms with E-state index in [0.29, 0.717) is 13.1 Å². The fourth-order valence-corrected chi connectivity index (χ4v) is 2.57. The van der Waals surface area contributed by atoms with Crippen molar-refractivity contribution in [3.8, 4) is 0 Å². The first-order chi connectivity index (χ1) is 7.43. The zero-order valence-corrected chi connectivity index (χ0v) is 10.4. The summed E-state index contributed by atoms with van der Waals surface area (Å²) in [6.07, 6.45) is 2.67. The third-order valence-corrected chi connectivity index (χ3v) is 3.99. The van der Waals surface area contributed by atoms with E-state index in [1.807, 2.05) is 0 Å². The number of rotatable bonds is 4. The molecule has 0 saturated carbocycles. The lowest BCUT2D eigenvalue weighted by Crippen LogP contribution is -2.45. The summed E-state index contributed by atoms with van der Waals surface area (Å²) >= 11 is 0. The van der Waals surface area contributed by atoms with Crippen LogP contribution in [0.25, 0.3) is 0 Å². The Morgan fingerprint density at radius 3 is 2.44 bits per heavy atom. The zero-order chi connectivity index (χ0) is 12.2. The summed E-state index contributed by atoms with van der Waals surface area (Å²) in [6, 6.07) is 0.192. The molecule has 1 heterocycles. The van der Waals surface area contributed by atoms with Gasteiger partial charge in [-0.1, -0.05) is 0 Å². The number of sulfonamides is 1. The van der Waals surface area contributed by atoms with Crippen LogP contribution in [0.3, 0.4) is 0 Å². The number of ether oxygens (including phenoxy) is 1. The summed E-state index contributed by atoms with van der Waals surface area (Å²) in [5, 5.41) is 3.05. The van der Waals surface area contributed by atoms with Gasteiger partial charge in [-0.2, -0.15) is 0 Å². The minimum Gasteiger partial charge on any atom is -0.468 e. The van der Waals surface area contributed by atoms with E-state index in [1.165, 1.54) is 17.7 Å². The van der Waals surface area contributed by atoms with Gasteiger partial charge < -0.3 is 10.1 Å². The largest absolute Gasteiger partial charge is 0.468 e. The minimum atomic E-state index is -3.07. The number of esters is 1. The van der Waals surface area contributed by atoms with Gasteiger partial charge in [-0.15, -0.1) is 0 Å². The molecule has 1 fully saturated rings. The van der Waals surface area contributed by atoms with Crippen molar-refractivity contribution in [1.82, 2.24) is 9.62 Å². The van der Waals surface area contributed by atoms with Crippen LogP contribution in [0.5, 0.6) is 0 Å². The average molecular weight is 250 g/mol. The molecular weight excluding hydrogens is 232 g/mol. The second-order valence-electron chi connectivity index (χ2n) is 3.89. The Labute approximate surface area is 96.0 Å². The van der Waals surface area contributed by atoms with Crippen molar-refractivity contribution in [2.45, 2.75) is 18.9 Å². The van der Waals surface area contributed by atoms with E-state index in [1.54, 1.807) is 0 Å². The Morgan fingerprint density at radius 1 is 1.44 bits per heavy atom. The smallest absolute Gasteiger partial charge is 0.319 e. The number of hydrogen-bond donors (Lipinski definition) is 1. The molecule has 0 bridgehead atoms. The highest BCUT2D eigenvalue weighted by molar-refractivity contribution is 7.88. The molecule has 1 saturated heterocycles. The molecule has 0 aliphatic carbocycles. The van der Waals surface area contributed by atoms with Crippen LogP contribution in [-0.4, -0.2) is 57.7 Å². The highest BCUT2D eigenvalue weighted by Crippen LogP contribution is 2.12. The lowest BCUT2D eigenvalue weighted by atomic mass is 10.1. The number of carbonyl (C=O) groups excluding carboxylic acids is 1. The molecular formula is C9H18N2O4S. The molecule has 1 rings (SSSR count). The molecule has 0 aromatic carbocycles. The molecule has 0 radical (unpaired) electrons. The second kappa shape index (κ2) is 5.60. The first-order valence-electron chi connectivity index (χ1n) is 5.19. The van der Waals surface area contributed by atoms with Gasteiger partial charge in [0, 0.05) is 19.1 Å². The van der Waals surface area contributed by atoms with E-state index in [2.05, 4.69) is 10.1 Å². The van der Waals surface area contributed by atoms with Crippen LogP contribution in [0.1, 0.15) is 12.8 Å². The van der Waals surface area contributed by atoms with Crippen LogP contribution in [-0.2, 0) is 19.6 Å². The van der Waals surface area contributed by atoms with E-state index in [0.717, 1.165) is 12.8 Å². The zero-order valence-electron chi connectivity index (χ0n) is 9.60. The average Bonchev–Trinajstić information content (AvgIpc) is 2.25. The van der Waals surface area contributed by atoms with E-state index in [-0.39, 0.29) is 18.6 Å². The van der Waals surface area contributed by atoms with Crippen LogP contribution >= 0.6 is 0 Å². The van der Waals surface area contributed by atoms with Gasteiger partial charge in [0.15, 0.2) is 0 Å². The molecule has 7 heteroatoms. The van der Waals surface area contributed by atoms with Gasteiger partial charge in [-0.05, 0) is 12.8 Å². The molecule has 0 atom stereocenters. The fraction of sp³-hybridized carbons (Fsp3) is 0.889. The summed E-state index contributed by atoms with van der Waals surface area (Å²) in [6.45, 7) is 1.20. The standard InChI is InChI=1S/C9H18N2O4S/c1-15-9(12)7-10-8-3-5-11(6-4-8)16(2,13)14/h8,10H,3-7H2,1-2H3. The summed E-state index contributed by atoms with van der Waals surface area (Å²) in [5.74, 6) is -0.300. The monoisotopic (exact) mass is 250 g/mol. The predicted octanol–water partition coefficient (Wildman–Crippen LogP) is -0.827. The number of nitrogens with one attached hydrogen (secondary N) is 1. The lowest BCUT2D eigenvalue weighted by molar-refractivity contribution is -0.139. The van der Waals surface area contributed by atoms with Gasteiger partial charge in [0.25, 0.3) is 0 Å². The third-order valence-electron chi connectivity index (χ3n) is 2.69. The molecule has 0 aromatic rings. The molecule has 94 valence electrons. The van der Waals surface area contributed by atoms with Gasteiger partial charge in [-0.25, -0.2) is 12.7 Å². The van der Waals surface area contributed by atoms with Gasteiger partial charge in [0.2, 0.25) is 10.0 Å². The van der Waals surface area contributed by atoms with Gasteiger partial charge >= 0.3 is 5.97 Å². The van der Waals surface area contributed by atoms with Crippen molar-refractivity contribution in [2.75, 3.05) is 33.0 Å². The fourth-order valence-electron chi connectivity index (χ4n) is 1.69. The Kier molecular flexibility index (Phi) is 4.69. The number of nitrogens with zero attached hydrogens (tertiary/aromatic N) is 1. The Morgan fingerprint density at radius 2 is 2.00 bits per heavy atom. The molecule has 0 spiro atoms. The maximum Gasteiger partial charge on any atom is 0.319 e. The van der Waals surface area contributed by atoms with Crippen LogP contribution < -0.4 is 5.32 Å². The molecule has 16 heavy (non-hydrogen) atoms. The van der Waals surface area contributed by atoms with Gasteiger partial charge in [0.1, 0.15) is 0 Å². The Hall–Kier alpha value is -0.660. The number of carbonyl (C=O) groups is 1. The third kappa shape index (κ3) is 4.07. The van der Waals surface area contributed by atoms with Crippen molar-refractivity contribution >= 4 is 16.0 Å². The highest BCUT2D eigenvalue weighted by Gasteiger charge is 2.24. The Balaban J connectivity index is 2.30. The molecule has 6 nitrogen and oxygen atoms in total. The quantitative estimate of drug-likeness (QED) is 0.659. The molecule has 1 aliphatic rings. The van der Waals surface area contributed by atoms with E-state index in [4.69, 9.17) is 0 Å². The van der Waals surface area contributed by atoms with Gasteiger partial charge in [0.05, 0.1) is 19.9 Å². The van der Waals surface area contributed by atoms with Gasteiger partial charge in [-0.3, -0.25) is 4.79 Å². The highest BCUT2D eigenvalue weighted by atomic mass is 32.2. The first-order valence-corrected chi connectivity index (χ1v) is 7.03. The topological polar surface area (TPSA) is 75.7 Å². The summed E-state index contributed by atoms with van der Waals surface area (Å²) in [4.78, 5) is 10.9. The summed E-state index contributed by atoms with van der Waals surface area (Å²) < 4.78 is 28.4. The molecule has 0 aromatic heterocycles. The summed E-state index contributed by atoms with van der Waals surface area (Å²) in [7, 11) is -1.73. The maximum atomic E-state index is 11.2. The van der Waals surface area contributed by atoms with E-state index in [9.17, 15) is 13.2 Å². The number of piperidine rings is 1. The summed E-state index contributed by atoms with van der Waals surface area (Å²) in [5.41, 5.74) is 0. The van der Waals surface area contributed by atoms with Crippen molar-refractivity contribution in [1.29, 1.82) is 0 Å². The SMILES string of the molecule is COC(=O)CNC1CCN(S(C)(=O)=O)CC1. The lowest BCUT2D eigenvalue weighted by Gasteiger charge is -2.30. The number of methoxy groups -OCH3 is 1. The van der Waals surface area contributed by atoms with Crippen LogP contribution in [0, 0.1) is 0 Å². The molecule has 1 N–H and O–H groups in total. The molecule has 0 unspecified atom stereocenters. The van der Waals surface area contributed by atoms with Crippen molar-refractivity contribution < 1.29 is 17.9 Å². The minimum absolute atomic E-state index is 0.181. The first kappa shape index (κ1) is 13.4.